The van der Waals surface area contributed by atoms with Crippen LogP contribution in [0.15, 0.2) is 53.0 Å². The lowest BCUT2D eigenvalue weighted by Gasteiger charge is -2.29. The van der Waals surface area contributed by atoms with Gasteiger partial charge in [0.05, 0.1) is 12.7 Å². The normalized spacial score (nSPS) is 16.9. The Morgan fingerprint density at radius 1 is 1.23 bits per heavy atom. The van der Waals surface area contributed by atoms with E-state index in [9.17, 15) is 4.79 Å². The molecule has 1 amide bonds. The SMILES string of the molecule is CN(CC1Cc2ccccc2CO1)C(=O)c1cccc(Br)c1. The van der Waals surface area contributed by atoms with Crippen molar-refractivity contribution in [3.05, 3.63) is 69.7 Å². The zero-order valence-electron chi connectivity index (χ0n) is 12.5. The van der Waals surface area contributed by atoms with Crippen molar-refractivity contribution in [2.45, 2.75) is 19.1 Å². The molecule has 3 nitrogen and oxygen atoms in total. The van der Waals surface area contributed by atoms with E-state index in [1.54, 1.807) is 4.90 Å². The number of likely N-dealkylation sites (N-methyl/N-ethyl adjacent to an activating group) is 1. The number of carbonyl (C=O) groups is 1. The van der Waals surface area contributed by atoms with Crippen LogP contribution < -0.4 is 0 Å². The zero-order chi connectivity index (χ0) is 15.5. The van der Waals surface area contributed by atoms with Crippen LogP contribution in [0.25, 0.3) is 0 Å². The van der Waals surface area contributed by atoms with E-state index in [0.29, 0.717) is 18.7 Å². The molecule has 114 valence electrons. The van der Waals surface area contributed by atoms with E-state index in [2.05, 4.69) is 34.1 Å². The van der Waals surface area contributed by atoms with Crippen molar-refractivity contribution in [3.8, 4) is 0 Å². The highest BCUT2D eigenvalue weighted by molar-refractivity contribution is 9.10. The largest absolute Gasteiger partial charge is 0.371 e. The maximum atomic E-state index is 12.5. The Labute approximate surface area is 139 Å². The third kappa shape index (κ3) is 3.39. The van der Waals surface area contributed by atoms with Gasteiger partial charge in [-0.3, -0.25) is 4.79 Å². The van der Waals surface area contributed by atoms with E-state index < -0.39 is 0 Å². The number of benzene rings is 2. The average molecular weight is 360 g/mol. The first-order chi connectivity index (χ1) is 10.6. The standard InChI is InChI=1S/C18H18BrNO2/c1-20(18(21)14-7-4-8-16(19)9-14)11-17-10-13-5-2-3-6-15(13)12-22-17/h2-9,17H,10-12H2,1H3. The topological polar surface area (TPSA) is 29.5 Å². The Morgan fingerprint density at radius 3 is 2.77 bits per heavy atom. The fourth-order valence-electron chi connectivity index (χ4n) is 2.76. The van der Waals surface area contributed by atoms with Crippen LogP contribution >= 0.6 is 15.9 Å². The van der Waals surface area contributed by atoms with E-state index in [4.69, 9.17) is 4.74 Å². The number of halogens is 1. The van der Waals surface area contributed by atoms with Gasteiger partial charge < -0.3 is 9.64 Å². The third-order valence-corrected chi connectivity index (χ3v) is 4.43. The molecule has 1 unspecified atom stereocenters. The molecule has 3 rings (SSSR count). The predicted molar refractivity (Wildman–Crippen MR) is 89.8 cm³/mol. The van der Waals surface area contributed by atoms with Crippen LogP contribution in [0.2, 0.25) is 0 Å². The van der Waals surface area contributed by atoms with Crippen LogP contribution in [0.4, 0.5) is 0 Å². The van der Waals surface area contributed by atoms with Crippen molar-refractivity contribution in [1.82, 2.24) is 4.90 Å². The summed E-state index contributed by atoms with van der Waals surface area (Å²) < 4.78 is 6.79. The first kappa shape index (κ1) is 15.3. The molecule has 0 saturated heterocycles. The molecular formula is C18H18BrNO2. The molecule has 2 aromatic carbocycles. The molecule has 0 saturated carbocycles. The average Bonchev–Trinajstić information content (AvgIpc) is 2.54. The molecule has 0 bridgehead atoms. The van der Waals surface area contributed by atoms with Crippen LogP contribution in [0.5, 0.6) is 0 Å². The first-order valence-electron chi connectivity index (χ1n) is 7.33. The Hall–Kier alpha value is -1.65. The van der Waals surface area contributed by atoms with Crippen molar-refractivity contribution in [1.29, 1.82) is 0 Å². The van der Waals surface area contributed by atoms with Gasteiger partial charge in [0, 0.05) is 30.0 Å². The molecule has 22 heavy (non-hydrogen) atoms. The van der Waals surface area contributed by atoms with E-state index in [-0.39, 0.29) is 12.0 Å². The van der Waals surface area contributed by atoms with Gasteiger partial charge in [-0.05, 0) is 29.3 Å². The van der Waals surface area contributed by atoms with Crippen LogP contribution in [0.3, 0.4) is 0 Å². The van der Waals surface area contributed by atoms with Crippen LogP contribution in [0, 0.1) is 0 Å². The van der Waals surface area contributed by atoms with Crippen LogP contribution in [-0.2, 0) is 17.8 Å². The number of hydrogen-bond donors (Lipinski definition) is 0. The number of rotatable bonds is 3. The van der Waals surface area contributed by atoms with Crippen LogP contribution in [0.1, 0.15) is 21.5 Å². The first-order valence-corrected chi connectivity index (χ1v) is 8.12. The molecule has 4 heteroatoms. The summed E-state index contributed by atoms with van der Waals surface area (Å²) in [5, 5.41) is 0. The zero-order valence-corrected chi connectivity index (χ0v) is 14.0. The maximum absolute atomic E-state index is 12.5. The van der Waals surface area contributed by atoms with Gasteiger partial charge in [0.15, 0.2) is 0 Å². The quantitative estimate of drug-likeness (QED) is 0.836. The molecule has 0 aliphatic carbocycles. The summed E-state index contributed by atoms with van der Waals surface area (Å²) >= 11 is 3.40. The van der Waals surface area contributed by atoms with Crippen LogP contribution in [-0.4, -0.2) is 30.5 Å². The highest BCUT2D eigenvalue weighted by atomic mass is 79.9. The predicted octanol–water partition coefficient (Wildman–Crippen LogP) is 3.66. The Morgan fingerprint density at radius 2 is 2.00 bits per heavy atom. The molecule has 0 fully saturated rings. The molecular weight excluding hydrogens is 342 g/mol. The number of nitrogens with zero attached hydrogens (tertiary/aromatic N) is 1. The molecule has 1 aliphatic heterocycles. The molecule has 0 radical (unpaired) electrons. The summed E-state index contributed by atoms with van der Waals surface area (Å²) in [7, 11) is 1.83. The fraction of sp³-hybridized carbons (Fsp3) is 0.278. The van der Waals surface area contributed by atoms with Gasteiger partial charge in [-0.25, -0.2) is 0 Å². The van der Waals surface area contributed by atoms with Gasteiger partial charge in [-0.15, -0.1) is 0 Å². The van der Waals surface area contributed by atoms with E-state index >= 15 is 0 Å². The monoisotopic (exact) mass is 359 g/mol. The molecule has 1 heterocycles. The lowest BCUT2D eigenvalue weighted by molar-refractivity contribution is 0.00985. The Bertz CT molecular complexity index is 686. The van der Waals surface area contributed by atoms with Gasteiger partial charge in [0.2, 0.25) is 0 Å². The Kier molecular flexibility index (Phi) is 4.60. The Balaban J connectivity index is 1.65. The minimum Gasteiger partial charge on any atom is -0.371 e. The lowest BCUT2D eigenvalue weighted by atomic mass is 9.99. The second-order valence-corrected chi connectivity index (χ2v) is 6.52. The highest BCUT2D eigenvalue weighted by Crippen LogP contribution is 2.21. The second-order valence-electron chi connectivity index (χ2n) is 5.60. The molecule has 0 spiro atoms. The fourth-order valence-corrected chi connectivity index (χ4v) is 3.16. The lowest BCUT2D eigenvalue weighted by Crippen LogP contribution is -2.38. The molecule has 2 aromatic rings. The van der Waals surface area contributed by atoms with Crippen molar-refractivity contribution < 1.29 is 9.53 Å². The van der Waals surface area contributed by atoms with Gasteiger partial charge in [0.25, 0.3) is 5.91 Å². The van der Waals surface area contributed by atoms with E-state index in [1.807, 2.05) is 37.4 Å². The number of amides is 1. The van der Waals surface area contributed by atoms with Crippen molar-refractivity contribution in [2.75, 3.05) is 13.6 Å². The molecule has 1 atom stereocenters. The highest BCUT2D eigenvalue weighted by Gasteiger charge is 2.22. The van der Waals surface area contributed by atoms with E-state index in [1.165, 1.54) is 11.1 Å². The molecule has 1 aliphatic rings. The van der Waals surface area contributed by atoms with Gasteiger partial charge >= 0.3 is 0 Å². The molecule has 0 N–H and O–H groups in total. The number of carbonyl (C=O) groups excluding carboxylic acids is 1. The molecule has 0 aromatic heterocycles. The minimum absolute atomic E-state index is 0.0174. The number of ether oxygens (including phenoxy) is 1. The summed E-state index contributed by atoms with van der Waals surface area (Å²) in [6, 6.07) is 15.8. The third-order valence-electron chi connectivity index (χ3n) is 3.94. The van der Waals surface area contributed by atoms with Crippen molar-refractivity contribution >= 4 is 21.8 Å². The second kappa shape index (κ2) is 6.63. The van der Waals surface area contributed by atoms with Gasteiger partial charge in [-0.2, -0.15) is 0 Å². The summed E-state index contributed by atoms with van der Waals surface area (Å²) in [6.45, 7) is 1.22. The summed E-state index contributed by atoms with van der Waals surface area (Å²) in [5.41, 5.74) is 3.26. The number of fused-ring (bicyclic) bond motifs is 1. The summed E-state index contributed by atoms with van der Waals surface area (Å²) in [5.74, 6) is 0.0174. The van der Waals surface area contributed by atoms with Crippen molar-refractivity contribution in [3.63, 3.8) is 0 Å². The smallest absolute Gasteiger partial charge is 0.253 e. The van der Waals surface area contributed by atoms with E-state index in [0.717, 1.165) is 10.9 Å². The maximum Gasteiger partial charge on any atom is 0.253 e. The van der Waals surface area contributed by atoms with Gasteiger partial charge in [-0.1, -0.05) is 46.3 Å². The minimum atomic E-state index is 0.0174. The van der Waals surface area contributed by atoms with Gasteiger partial charge in [0.1, 0.15) is 0 Å². The number of hydrogen-bond acceptors (Lipinski definition) is 2. The summed E-state index contributed by atoms with van der Waals surface area (Å²) in [6.07, 6.45) is 0.905. The van der Waals surface area contributed by atoms with Crippen molar-refractivity contribution in [2.24, 2.45) is 0 Å². The summed E-state index contributed by atoms with van der Waals surface area (Å²) in [4.78, 5) is 14.2.